The number of hydrogen-bond acceptors (Lipinski definition) is 4. The Morgan fingerprint density at radius 2 is 2.09 bits per heavy atom. The van der Waals surface area contributed by atoms with Crippen LogP contribution in [-0.4, -0.2) is 16.4 Å². The molecular formula is C18H23N3O2. The van der Waals surface area contributed by atoms with Gasteiger partial charge in [0.2, 0.25) is 5.91 Å². The van der Waals surface area contributed by atoms with Crippen LogP contribution < -0.4 is 15.8 Å². The fraction of sp³-hybridized carbons (Fsp3) is 0.333. The van der Waals surface area contributed by atoms with E-state index in [0.717, 1.165) is 17.0 Å². The van der Waals surface area contributed by atoms with Crippen molar-refractivity contribution in [2.75, 3.05) is 0 Å². The highest BCUT2D eigenvalue weighted by Gasteiger charge is 2.23. The van der Waals surface area contributed by atoms with Gasteiger partial charge in [-0.3, -0.25) is 9.78 Å². The Hall–Kier alpha value is -2.40. The van der Waals surface area contributed by atoms with Crippen LogP contribution in [-0.2, 0) is 11.4 Å². The number of carbonyl (C=O) groups excluding carboxylic acids is 1. The van der Waals surface area contributed by atoms with Gasteiger partial charge in [-0.25, -0.2) is 0 Å². The molecule has 0 fully saturated rings. The maximum absolute atomic E-state index is 12.0. The molecule has 2 aromatic rings. The lowest BCUT2D eigenvalue weighted by molar-refractivity contribution is -0.125. The predicted molar refractivity (Wildman–Crippen MR) is 89.8 cm³/mol. The van der Waals surface area contributed by atoms with E-state index in [0.29, 0.717) is 6.61 Å². The maximum Gasteiger partial charge on any atom is 0.239 e. The summed E-state index contributed by atoms with van der Waals surface area (Å²) >= 11 is 0. The quantitative estimate of drug-likeness (QED) is 0.859. The Morgan fingerprint density at radius 1 is 1.30 bits per heavy atom. The second-order valence-corrected chi connectivity index (χ2v) is 6.10. The summed E-state index contributed by atoms with van der Waals surface area (Å²) < 4.78 is 5.76. The van der Waals surface area contributed by atoms with Gasteiger partial charge in [0.05, 0.1) is 17.3 Å². The lowest BCUT2D eigenvalue weighted by Crippen LogP contribution is -2.49. The largest absolute Gasteiger partial charge is 0.487 e. The number of rotatable bonds is 6. The number of hydrogen-bond donors (Lipinski definition) is 2. The van der Waals surface area contributed by atoms with Crippen LogP contribution >= 0.6 is 0 Å². The smallest absolute Gasteiger partial charge is 0.239 e. The number of nitrogens with zero attached hydrogens (tertiary/aromatic N) is 1. The molecule has 122 valence electrons. The highest BCUT2D eigenvalue weighted by atomic mass is 16.5. The zero-order chi connectivity index (χ0) is 16.9. The van der Waals surface area contributed by atoms with Gasteiger partial charge in [-0.2, -0.15) is 0 Å². The number of benzene rings is 1. The van der Waals surface area contributed by atoms with Crippen molar-refractivity contribution in [3.63, 3.8) is 0 Å². The molecule has 0 aliphatic heterocycles. The van der Waals surface area contributed by atoms with Crippen molar-refractivity contribution in [3.8, 4) is 5.75 Å². The first-order chi connectivity index (χ1) is 10.9. The summed E-state index contributed by atoms with van der Waals surface area (Å²) in [5.41, 5.74) is 6.73. The maximum atomic E-state index is 12.0. The van der Waals surface area contributed by atoms with Gasteiger partial charge in [-0.05, 0) is 50.6 Å². The van der Waals surface area contributed by atoms with E-state index < -0.39 is 5.54 Å². The van der Waals surface area contributed by atoms with E-state index in [-0.39, 0.29) is 11.9 Å². The van der Waals surface area contributed by atoms with Crippen LogP contribution in [0, 0.1) is 0 Å². The molecule has 1 atom stereocenters. The first-order valence-corrected chi connectivity index (χ1v) is 7.59. The number of nitrogens with two attached hydrogens (primary N) is 1. The van der Waals surface area contributed by atoms with Crippen LogP contribution in [0.1, 0.15) is 38.1 Å². The second-order valence-electron chi connectivity index (χ2n) is 6.10. The van der Waals surface area contributed by atoms with Gasteiger partial charge in [0, 0.05) is 6.20 Å². The molecule has 0 saturated carbocycles. The number of ether oxygens (including phenoxy) is 1. The Morgan fingerprint density at radius 3 is 2.74 bits per heavy atom. The molecule has 0 bridgehead atoms. The van der Waals surface area contributed by atoms with Crippen LogP contribution in [0.3, 0.4) is 0 Å². The summed E-state index contributed by atoms with van der Waals surface area (Å²) in [6.07, 6.45) is 1.74. The molecule has 2 rings (SSSR count). The van der Waals surface area contributed by atoms with Crippen LogP contribution in [0.25, 0.3) is 0 Å². The monoisotopic (exact) mass is 313 g/mol. The zero-order valence-electron chi connectivity index (χ0n) is 13.7. The van der Waals surface area contributed by atoms with Gasteiger partial charge in [0.25, 0.3) is 0 Å². The van der Waals surface area contributed by atoms with Crippen LogP contribution in [0.4, 0.5) is 0 Å². The topological polar surface area (TPSA) is 77.2 Å². The molecule has 1 amide bonds. The third-order valence-electron chi connectivity index (χ3n) is 3.40. The average molecular weight is 313 g/mol. The van der Waals surface area contributed by atoms with E-state index >= 15 is 0 Å². The van der Waals surface area contributed by atoms with Gasteiger partial charge in [0.1, 0.15) is 12.4 Å². The summed E-state index contributed by atoms with van der Waals surface area (Å²) in [6.45, 7) is 5.69. The molecule has 0 aliphatic carbocycles. The van der Waals surface area contributed by atoms with Crippen molar-refractivity contribution in [2.24, 2.45) is 5.73 Å². The van der Waals surface area contributed by atoms with Crippen molar-refractivity contribution in [3.05, 3.63) is 59.9 Å². The summed E-state index contributed by atoms with van der Waals surface area (Å²) in [7, 11) is 0. The Kier molecular flexibility index (Phi) is 5.34. The molecule has 23 heavy (non-hydrogen) atoms. The molecule has 5 heteroatoms. The molecule has 0 radical (unpaired) electrons. The molecule has 1 unspecified atom stereocenters. The molecule has 1 heterocycles. The van der Waals surface area contributed by atoms with E-state index in [9.17, 15) is 4.79 Å². The zero-order valence-corrected chi connectivity index (χ0v) is 13.7. The van der Waals surface area contributed by atoms with Crippen LogP contribution in [0.15, 0.2) is 48.7 Å². The first kappa shape index (κ1) is 17.0. The van der Waals surface area contributed by atoms with Crippen molar-refractivity contribution in [1.29, 1.82) is 0 Å². The first-order valence-electron chi connectivity index (χ1n) is 7.59. The number of carbonyl (C=O) groups is 1. The van der Waals surface area contributed by atoms with Crippen molar-refractivity contribution >= 4 is 5.91 Å². The Bertz CT molecular complexity index is 651. The summed E-state index contributed by atoms with van der Waals surface area (Å²) in [6, 6.07) is 13.2. The van der Waals surface area contributed by atoms with Crippen molar-refractivity contribution in [2.45, 2.75) is 39.0 Å². The minimum atomic E-state index is -0.901. The molecule has 3 N–H and O–H groups in total. The molecule has 1 aromatic heterocycles. The van der Waals surface area contributed by atoms with Crippen LogP contribution in [0.5, 0.6) is 5.75 Å². The van der Waals surface area contributed by atoms with Crippen molar-refractivity contribution < 1.29 is 9.53 Å². The highest BCUT2D eigenvalue weighted by Crippen LogP contribution is 2.20. The minimum Gasteiger partial charge on any atom is -0.487 e. The van der Waals surface area contributed by atoms with E-state index in [1.807, 2.05) is 49.4 Å². The molecule has 0 aliphatic rings. The Labute approximate surface area is 136 Å². The van der Waals surface area contributed by atoms with E-state index in [2.05, 4.69) is 10.3 Å². The minimum absolute atomic E-state index is 0.149. The predicted octanol–water partition coefficient (Wildman–Crippen LogP) is 2.58. The lowest BCUT2D eigenvalue weighted by atomic mass is 10.0. The Balaban J connectivity index is 2.00. The average Bonchev–Trinajstić information content (AvgIpc) is 2.53. The number of pyridine rings is 1. The van der Waals surface area contributed by atoms with Gasteiger partial charge in [-0.1, -0.05) is 18.2 Å². The van der Waals surface area contributed by atoms with E-state index in [1.54, 1.807) is 20.0 Å². The van der Waals surface area contributed by atoms with Gasteiger partial charge < -0.3 is 15.8 Å². The fourth-order valence-corrected chi connectivity index (χ4v) is 1.98. The third-order valence-corrected chi connectivity index (χ3v) is 3.40. The number of aromatic nitrogens is 1. The molecule has 1 aromatic carbocycles. The van der Waals surface area contributed by atoms with Gasteiger partial charge >= 0.3 is 0 Å². The number of amides is 1. The normalized spacial score (nSPS) is 12.5. The SMILES string of the molecule is CC(NC(=O)C(C)(C)N)c1cccc(OCc2ccccn2)c1. The summed E-state index contributed by atoms with van der Waals surface area (Å²) in [5.74, 6) is 0.547. The van der Waals surface area contributed by atoms with Crippen molar-refractivity contribution in [1.82, 2.24) is 10.3 Å². The molecule has 5 nitrogen and oxygen atoms in total. The molecule has 0 spiro atoms. The standard InChI is InChI=1S/C18H23N3O2/c1-13(21-17(22)18(2,3)19)14-7-6-9-16(11-14)23-12-15-8-4-5-10-20-15/h4-11,13H,12,19H2,1-3H3,(H,21,22). The third kappa shape index (κ3) is 5.07. The number of nitrogens with one attached hydrogen (secondary N) is 1. The van der Waals surface area contributed by atoms with E-state index in [1.165, 1.54) is 0 Å². The lowest BCUT2D eigenvalue weighted by Gasteiger charge is -2.22. The van der Waals surface area contributed by atoms with Crippen LogP contribution in [0.2, 0.25) is 0 Å². The van der Waals surface area contributed by atoms with Gasteiger partial charge in [-0.15, -0.1) is 0 Å². The fourth-order valence-electron chi connectivity index (χ4n) is 1.98. The molecular weight excluding hydrogens is 290 g/mol. The van der Waals surface area contributed by atoms with E-state index in [4.69, 9.17) is 10.5 Å². The summed E-state index contributed by atoms with van der Waals surface area (Å²) in [4.78, 5) is 16.2. The second kappa shape index (κ2) is 7.24. The molecule has 0 saturated heterocycles. The van der Waals surface area contributed by atoms with Gasteiger partial charge in [0.15, 0.2) is 0 Å². The highest BCUT2D eigenvalue weighted by molar-refractivity contribution is 5.85. The summed E-state index contributed by atoms with van der Waals surface area (Å²) in [5, 5.41) is 2.91.